The normalized spacial score (nSPS) is 11.7. The number of phenols is 1. The number of ether oxygens (including phenoxy) is 1. The van der Waals surface area contributed by atoms with E-state index in [-0.39, 0.29) is 28.5 Å². The standard InChI is InChI=1S/C26H18ClF3N2O3/c27-22-13-16(9-11-23(22)33)25(34)32-31-14-17-10-12-24(20-7-3-2-6-19(17)20)35-15-18-5-1-4-8-21(18)26(28,29)30/h1-14,33H,15H2,(H,32,34). The van der Waals surface area contributed by atoms with E-state index in [1.54, 1.807) is 30.3 Å². The Hall–Kier alpha value is -4.04. The average molecular weight is 499 g/mol. The fourth-order valence-electron chi connectivity index (χ4n) is 3.48. The molecule has 0 fully saturated rings. The van der Waals surface area contributed by atoms with Crippen molar-refractivity contribution in [3.8, 4) is 11.5 Å². The molecule has 2 N–H and O–H groups in total. The van der Waals surface area contributed by atoms with E-state index in [4.69, 9.17) is 16.3 Å². The number of hydrazone groups is 1. The van der Waals surface area contributed by atoms with Crippen LogP contribution in [0, 0.1) is 0 Å². The number of aromatic hydroxyl groups is 1. The molecule has 4 aromatic rings. The third-order valence-electron chi connectivity index (χ3n) is 5.20. The van der Waals surface area contributed by atoms with Crippen LogP contribution in [0.4, 0.5) is 13.2 Å². The Bertz CT molecular complexity index is 1420. The van der Waals surface area contributed by atoms with Crippen LogP contribution in [0.5, 0.6) is 11.5 Å². The van der Waals surface area contributed by atoms with Crippen molar-refractivity contribution >= 4 is 34.5 Å². The lowest BCUT2D eigenvalue weighted by Crippen LogP contribution is -2.17. The van der Waals surface area contributed by atoms with Crippen molar-refractivity contribution < 1.29 is 27.8 Å². The number of hydrogen-bond donors (Lipinski definition) is 2. The Morgan fingerprint density at radius 1 is 1.00 bits per heavy atom. The zero-order valence-corrected chi connectivity index (χ0v) is 18.8. The Morgan fingerprint density at radius 3 is 2.46 bits per heavy atom. The van der Waals surface area contributed by atoms with E-state index >= 15 is 0 Å². The lowest BCUT2D eigenvalue weighted by Gasteiger charge is -2.15. The van der Waals surface area contributed by atoms with Crippen molar-refractivity contribution in [2.24, 2.45) is 5.10 Å². The van der Waals surface area contributed by atoms with E-state index in [0.29, 0.717) is 16.7 Å². The van der Waals surface area contributed by atoms with Gasteiger partial charge in [-0.15, -0.1) is 0 Å². The maximum atomic E-state index is 13.3. The zero-order valence-electron chi connectivity index (χ0n) is 18.0. The summed E-state index contributed by atoms with van der Waals surface area (Å²) in [5.41, 5.74) is 2.57. The molecule has 4 aromatic carbocycles. The van der Waals surface area contributed by atoms with E-state index in [1.807, 2.05) is 6.07 Å². The van der Waals surface area contributed by atoms with Crippen molar-refractivity contribution in [3.63, 3.8) is 0 Å². The molecule has 0 saturated carbocycles. The summed E-state index contributed by atoms with van der Waals surface area (Å²) in [5.74, 6) is -0.240. The Morgan fingerprint density at radius 2 is 1.71 bits per heavy atom. The molecule has 0 aromatic heterocycles. The van der Waals surface area contributed by atoms with Gasteiger partial charge in [0.15, 0.2) is 0 Å². The second-order valence-corrected chi connectivity index (χ2v) is 7.91. The maximum absolute atomic E-state index is 13.3. The van der Waals surface area contributed by atoms with E-state index in [9.17, 15) is 23.1 Å². The number of nitrogens with one attached hydrogen (secondary N) is 1. The fourth-order valence-corrected chi connectivity index (χ4v) is 3.67. The van der Waals surface area contributed by atoms with Crippen molar-refractivity contribution in [1.82, 2.24) is 5.43 Å². The summed E-state index contributed by atoms with van der Waals surface area (Å²) in [4.78, 5) is 12.3. The number of rotatable bonds is 6. The topological polar surface area (TPSA) is 70.9 Å². The predicted molar refractivity (Wildman–Crippen MR) is 128 cm³/mol. The lowest BCUT2D eigenvalue weighted by atomic mass is 10.0. The fraction of sp³-hybridized carbons (Fsp3) is 0.0769. The summed E-state index contributed by atoms with van der Waals surface area (Å²) in [6.45, 7) is -0.252. The van der Waals surface area contributed by atoms with E-state index < -0.39 is 17.6 Å². The highest BCUT2D eigenvalue weighted by atomic mass is 35.5. The molecule has 0 heterocycles. The molecule has 9 heteroatoms. The van der Waals surface area contributed by atoms with Crippen LogP contribution in [0.25, 0.3) is 10.8 Å². The van der Waals surface area contributed by atoms with Gasteiger partial charge in [-0.3, -0.25) is 4.79 Å². The van der Waals surface area contributed by atoms with Gasteiger partial charge in [0.05, 0.1) is 16.8 Å². The first-order valence-electron chi connectivity index (χ1n) is 10.4. The van der Waals surface area contributed by atoms with E-state index in [1.165, 1.54) is 42.6 Å². The van der Waals surface area contributed by atoms with Gasteiger partial charge in [-0.25, -0.2) is 5.43 Å². The summed E-state index contributed by atoms with van der Waals surface area (Å²) in [6, 6.07) is 19.8. The number of carbonyl (C=O) groups excluding carboxylic acids is 1. The number of hydrogen-bond acceptors (Lipinski definition) is 4. The minimum atomic E-state index is -4.47. The highest BCUT2D eigenvalue weighted by Gasteiger charge is 2.33. The molecule has 0 bridgehead atoms. The average Bonchev–Trinajstić information content (AvgIpc) is 2.84. The van der Waals surface area contributed by atoms with Gasteiger partial charge < -0.3 is 9.84 Å². The number of phenolic OH excluding ortho intramolecular Hbond substituents is 1. The van der Waals surface area contributed by atoms with Gasteiger partial charge in [0.1, 0.15) is 18.1 Å². The van der Waals surface area contributed by atoms with Crippen molar-refractivity contribution in [1.29, 1.82) is 0 Å². The third kappa shape index (κ3) is 5.55. The lowest BCUT2D eigenvalue weighted by molar-refractivity contribution is -0.138. The Balaban J connectivity index is 1.53. The van der Waals surface area contributed by atoms with Crippen LogP contribution in [0.15, 0.2) is 84.0 Å². The molecule has 4 rings (SSSR count). The first-order valence-corrected chi connectivity index (χ1v) is 10.7. The molecule has 0 aliphatic carbocycles. The minimum absolute atomic E-state index is 0.0340. The predicted octanol–water partition coefficient (Wildman–Crippen LogP) is 6.56. The number of halogens is 4. The molecule has 0 atom stereocenters. The largest absolute Gasteiger partial charge is 0.506 e. The molecule has 0 aliphatic heterocycles. The van der Waals surface area contributed by atoms with Crippen LogP contribution in [-0.2, 0) is 12.8 Å². The van der Waals surface area contributed by atoms with Gasteiger partial charge in [-0.05, 0) is 41.8 Å². The van der Waals surface area contributed by atoms with Gasteiger partial charge in [0.25, 0.3) is 5.91 Å². The second-order valence-electron chi connectivity index (χ2n) is 7.51. The first-order chi connectivity index (χ1) is 16.7. The molecule has 1 amide bonds. The number of fused-ring (bicyclic) bond motifs is 1. The number of carbonyl (C=O) groups is 1. The van der Waals surface area contributed by atoms with Gasteiger partial charge in [0.2, 0.25) is 0 Å². The third-order valence-corrected chi connectivity index (χ3v) is 5.51. The molecule has 5 nitrogen and oxygen atoms in total. The molecule has 0 saturated heterocycles. The molecular formula is C26H18ClF3N2O3. The number of nitrogens with zero attached hydrogens (tertiary/aromatic N) is 1. The number of alkyl halides is 3. The molecular weight excluding hydrogens is 481 g/mol. The van der Waals surface area contributed by atoms with Gasteiger partial charge in [0, 0.05) is 22.1 Å². The van der Waals surface area contributed by atoms with E-state index in [0.717, 1.165) is 11.5 Å². The SMILES string of the molecule is O=C(NN=Cc1ccc(OCc2ccccc2C(F)(F)F)c2ccccc12)c1ccc(O)c(Cl)c1. The van der Waals surface area contributed by atoms with Crippen molar-refractivity contribution in [3.05, 3.63) is 106 Å². The Labute approximate surface area is 203 Å². The molecule has 0 radical (unpaired) electrons. The highest BCUT2D eigenvalue weighted by molar-refractivity contribution is 6.32. The summed E-state index contributed by atoms with van der Waals surface area (Å²) < 4.78 is 45.6. The molecule has 0 unspecified atom stereocenters. The van der Waals surface area contributed by atoms with Gasteiger partial charge >= 0.3 is 6.18 Å². The zero-order chi connectivity index (χ0) is 25.0. The number of amides is 1. The molecule has 35 heavy (non-hydrogen) atoms. The summed E-state index contributed by atoms with van der Waals surface area (Å²) >= 11 is 5.83. The first kappa shape index (κ1) is 24.1. The second kappa shape index (κ2) is 10.1. The molecule has 0 aliphatic rings. The van der Waals surface area contributed by atoms with Crippen LogP contribution in [-0.4, -0.2) is 17.2 Å². The summed E-state index contributed by atoms with van der Waals surface area (Å²) in [7, 11) is 0. The van der Waals surface area contributed by atoms with Crippen LogP contribution >= 0.6 is 11.6 Å². The summed E-state index contributed by atoms with van der Waals surface area (Å²) in [6.07, 6.45) is -3.02. The molecule has 178 valence electrons. The van der Waals surface area contributed by atoms with Crippen molar-refractivity contribution in [2.75, 3.05) is 0 Å². The van der Waals surface area contributed by atoms with Crippen LogP contribution in [0.2, 0.25) is 5.02 Å². The number of benzene rings is 4. The minimum Gasteiger partial charge on any atom is -0.506 e. The maximum Gasteiger partial charge on any atom is 0.416 e. The quantitative estimate of drug-likeness (QED) is 0.233. The monoisotopic (exact) mass is 498 g/mol. The summed E-state index contributed by atoms with van der Waals surface area (Å²) in [5, 5.41) is 14.9. The smallest absolute Gasteiger partial charge is 0.416 e. The van der Waals surface area contributed by atoms with Crippen LogP contribution in [0.1, 0.15) is 27.0 Å². The van der Waals surface area contributed by atoms with Crippen LogP contribution < -0.4 is 10.2 Å². The van der Waals surface area contributed by atoms with E-state index in [2.05, 4.69) is 10.5 Å². The highest BCUT2D eigenvalue weighted by Crippen LogP contribution is 2.33. The molecule has 0 spiro atoms. The van der Waals surface area contributed by atoms with Crippen LogP contribution in [0.3, 0.4) is 0 Å². The van der Waals surface area contributed by atoms with Gasteiger partial charge in [-0.2, -0.15) is 18.3 Å². The van der Waals surface area contributed by atoms with Gasteiger partial charge in [-0.1, -0.05) is 54.1 Å². The van der Waals surface area contributed by atoms with Crippen molar-refractivity contribution in [2.45, 2.75) is 12.8 Å². The Kier molecular flexibility index (Phi) is 6.93.